The molecule has 2 rings (SSSR count). The van der Waals surface area contributed by atoms with Crippen molar-refractivity contribution in [2.45, 2.75) is 12.5 Å². The van der Waals surface area contributed by atoms with Gasteiger partial charge in [-0.25, -0.2) is 0 Å². The van der Waals surface area contributed by atoms with Gasteiger partial charge in [-0.15, -0.1) is 0 Å². The highest BCUT2D eigenvalue weighted by molar-refractivity contribution is 5.95. The van der Waals surface area contributed by atoms with Crippen molar-refractivity contribution >= 4 is 11.6 Å². The lowest BCUT2D eigenvalue weighted by Gasteiger charge is -2.26. The van der Waals surface area contributed by atoms with E-state index in [1.165, 1.54) is 10.6 Å². The quantitative estimate of drug-likeness (QED) is 0.699. The molecule has 1 atom stereocenters. The number of hydrogen-bond acceptors (Lipinski definition) is 3. The van der Waals surface area contributed by atoms with E-state index in [2.05, 4.69) is 10.6 Å². The summed E-state index contributed by atoms with van der Waals surface area (Å²) in [5.41, 5.74) is 0.422. The topological polar surface area (TPSA) is 63.1 Å². The number of nitrogens with one attached hydrogen (secondary N) is 2. The maximum atomic E-state index is 11.5. The first-order valence-electron chi connectivity index (χ1n) is 4.88. The molecule has 0 saturated carbocycles. The van der Waals surface area contributed by atoms with E-state index in [9.17, 15) is 9.59 Å². The predicted octanol–water partition coefficient (Wildman–Crippen LogP) is -0.314. The summed E-state index contributed by atoms with van der Waals surface area (Å²) in [6.07, 6.45) is 2.49. The molecule has 1 amide bonds. The molecule has 1 saturated heterocycles. The lowest BCUT2D eigenvalue weighted by atomic mass is 10.1. The smallest absolute Gasteiger partial charge is 0.252 e. The molecule has 15 heavy (non-hydrogen) atoms. The maximum absolute atomic E-state index is 11.5. The zero-order valence-corrected chi connectivity index (χ0v) is 8.49. The number of amides is 1. The molecule has 0 aliphatic carbocycles. The van der Waals surface area contributed by atoms with E-state index < -0.39 is 0 Å². The number of anilines is 1. The summed E-state index contributed by atoms with van der Waals surface area (Å²) in [4.78, 5) is 22.8. The van der Waals surface area contributed by atoms with Crippen LogP contribution < -0.4 is 16.2 Å². The third-order valence-electron chi connectivity index (χ3n) is 2.51. The number of pyridine rings is 1. The lowest BCUT2D eigenvalue weighted by Crippen LogP contribution is -2.50. The fourth-order valence-electron chi connectivity index (χ4n) is 1.37. The van der Waals surface area contributed by atoms with Crippen LogP contribution in [0.25, 0.3) is 0 Å². The van der Waals surface area contributed by atoms with Gasteiger partial charge in [-0.05, 0) is 19.0 Å². The number of hydrogen-bond donors (Lipinski definition) is 2. The summed E-state index contributed by atoms with van der Waals surface area (Å²) < 4.78 is 1.46. The van der Waals surface area contributed by atoms with Crippen molar-refractivity contribution in [1.29, 1.82) is 0 Å². The van der Waals surface area contributed by atoms with E-state index in [4.69, 9.17) is 0 Å². The van der Waals surface area contributed by atoms with Gasteiger partial charge in [0.1, 0.15) is 0 Å². The van der Waals surface area contributed by atoms with Crippen LogP contribution in [0, 0.1) is 0 Å². The summed E-state index contributed by atoms with van der Waals surface area (Å²) in [5, 5.41) is 5.69. The van der Waals surface area contributed by atoms with E-state index in [0.717, 1.165) is 13.0 Å². The van der Waals surface area contributed by atoms with Crippen LogP contribution in [-0.2, 0) is 11.8 Å². The van der Waals surface area contributed by atoms with E-state index in [1.807, 2.05) is 0 Å². The van der Waals surface area contributed by atoms with Gasteiger partial charge in [0.15, 0.2) is 0 Å². The molecule has 5 heteroatoms. The van der Waals surface area contributed by atoms with Gasteiger partial charge in [-0.2, -0.15) is 0 Å². The first-order valence-corrected chi connectivity index (χ1v) is 4.88. The van der Waals surface area contributed by atoms with Crippen molar-refractivity contribution in [3.8, 4) is 0 Å². The average Bonchev–Trinajstić information content (AvgIpc) is 2.08. The number of nitrogens with zero attached hydrogens (tertiary/aromatic N) is 1. The van der Waals surface area contributed by atoms with Gasteiger partial charge in [0.2, 0.25) is 5.91 Å². The highest BCUT2D eigenvalue weighted by atomic mass is 16.2. The summed E-state index contributed by atoms with van der Waals surface area (Å²) in [5.74, 6) is -0.0745. The summed E-state index contributed by atoms with van der Waals surface area (Å²) >= 11 is 0. The molecule has 0 bridgehead atoms. The first kappa shape index (κ1) is 9.92. The van der Waals surface area contributed by atoms with E-state index >= 15 is 0 Å². The Morgan fingerprint density at radius 3 is 2.93 bits per heavy atom. The Bertz CT molecular complexity index is 435. The van der Waals surface area contributed by atoms with Gasteiger partial charge in [0.25, 0.3) is 5.56 Å². The highest BCUT2D eigenvalue weighted by Gasteiger charge is 2.24. The molecule has 0 unspecified atom stereocenters. The van der Waals surface area contributed by atoms with Crippen LogP contribution in [0.4, 0.5) is 5.69 Å². The van der Waals surface area contributed by atoms with Crippen LogP contribution >= 0.6 is 0 Å². The third-order valence-corrected chi connectivity index (χ3v) is 2.51. The molecule has 1 aliphatic heterocycles. The van der Waals surface area contributed by atoms with Crippen molar-refractivity contribution in [2.24, 2.45) is 7.05 Å². The fourth-order valence-corrected chi connectivity index (χ4v) is 1.37. The number of carbonyl (C=O) groups is 1. The maximum Gasteiger partial charge on any atom is 0.252 e. The minimum absolute atomic E-state index is 0.0745. The molecule has 0 radical (unpaired) electrons. The Kier molecular flexibility index (Phi) is 2.55. The minimum atomic E-state index is -0.130. The molecule has 1 aromatic rings. The second kappa shape index (κ2) is 3.86. The molecule has 0 aromatic carbocycles. The van der Waals surface area contributed by atoms with Crippen molar-refractivity contribution in [2.75, 3.05) is 11.9 Å². The standard InChI is InChI=1S/C10H13N3O2/c1-13-5-3-7(6-9(13)14)12-10(15)8-2-4-11-8/h3,5-6,8,11H,2,4H2,1H3,(H,12,15)/t8-/m0/s1. The highest BCUT2D eigenvalue weighted by Crippen LogP contribution is 2.07. The Hall–Kier alpha value is -1.62. The molecule has 1 fully saturated rings. The molecule has 1 aromatic heterocycles. The SMILES string of the molecule is Cn1ccc(NC(=O)[C@@H]2CCN2)cc1=O. The number of rotatable bonds is 2. The molecule has 5 nitrogen and oxygen atoms in total. The predicted molar refractivity (Wildman–Crippen MR) is 56.7 cm³/mol. The summed E-state index contributed by atoms with van der Waals surface area (Å²) in [6.45, 7) is 0.884. The van der Waals surface area contributed by atoms with Crippen molar-refractivity contribution in [3.63, 3.8) is 0 Å². The van der Waals surface area contributed by atoms with Crippen LogP contribution in [0.15, 0.2) is 23.1 Å². The molecule has 80 valence electrons. The zero-order valence-electron chi connectivity index (χ0n) is 8.49. The van der Waals surface area contributed by atoms with E-state index in [0.29, 0.717) is 5.69 Å². The van der Waals surface area contributed by atoms with Crippen LogP contribution in [-0.4, -0.2) is 23.1 Å². The molecular weight excluding hydrogens is 194 g/mol. The molecular formula is C10H13N3O2. The van der Waals surface area contributed by atoms with Gasteiger partial charge >= 0.3 is 0 Å². The third kappa shape index (κ3) is 2.07. The molecule has 0 spiro atoms. The average molecular weight is 207 g/mol. The van der Waals surface area contributed by atoms with Crippen LogP contribution in [0.1, 0.15) is 6.42 Å². The van der Waals surface area contributed by atoms with Gasteiger partial charge in [-0.3, -0.25) is 9.59 Å². The van der Waals surface area contributed by atoms with Crippen LogP contribution in [0.5, 0.6) is 0 Å². The van der Waals surface area contributed by atoms with Crippen molar-refractivity contribution < 1.29 is 4.79 Å². The van der Waals surface area contributed by atoms with E-state index in [-0.39, 0.29) is 17.5 Å². The lowest BCUT2D eigenvalue weighted by molar-refractivity contribution is -0.119. The van der Waals surface area contributed by atoms with E-state index in [1.54, 1.807) is 19.3 Å². The van der Waals surface area contributed by atoms with Gasteiger partial charge in [-0.1, -0.05) is 0 Å². The van der Waals surface area contributed by atoms with Gasteiger partial charge in [0.05, 0.1) is 6.04 Å². The Morgan fingerprint density at radius 2 is 2.40 bits per heavy atom. The van der Waals surface area contributed by atoms with Crippen LogP contribution in [0.2, 0.25) is 0 Å². The molecule has 1 aliphatic rings. The Balaban J connectivity index is 2.07. The van der Waals surface area contributed by atoms with Crippen molar-refractivity contribution in [1.82, 2.24) is 9.88 Å². The fraction of sp³-hybridized carbons (Fsp3) is 0.400. The number of aromatic nitrogens is 1. The first-order chi connectivity index (χ1) is 7.16. The summed E-state index contributed by atoms with van der Waals surface area (Å²) in [7, 11) is 1.67. The number of aryl methyl sites for hydroxylation is 1. The van der Waals surface area contributed by atoms with Crippen molar-refractivity contribution in [3.05, 3.63) is 28.7 Å². The Labute approximate surface area is 87.1 Å². The van der Waals surface area contributed by atoms with Gasteiger partial charge < -0.3 is 15.2 Å². The monoisotopic (exact) mass is 207 g/mol. The second-order valence-electron chi connectivity index (χ2n) is 3.65. The van der Waals surface area contributed by atoms with Gasteiger partial charge in [0, 0.05) is 25.0 Å². The second-order valence-corrected chi connectivity index (χ2v) is 3.65. The normalized spacial score (nSPS) is 19.4. The van der Waals surface area contributed by atoms with Crippen LogP contribution in [0.3, 0.4) is 0 Å². The number of carbonyl (C=O) groups excluding carboxylic acids is 1. The molecule has 2 N–H and O–H groups in total. The summed E-state index contributed by atoms with van der Waals surface area (Å²) in [6, 6.07) is 3.02. The Morgan fingerprint density at radius 1 is 1.67 bits per heavy atom. The zero-order chi connectivity index (χ0) is 10.8. The largest absolute Gasteiger partial charge is 0.324 e. The minimum Gasteiger partial charge on any atom is -0.324 e. The molecule has 2 heterocycles.